The average molecular weight is 623 g/mol. The summed E-state index contributed by atoms with van der Waals surface area (Å²) < 4.78 is 6.39. The minimum absolute atomic E-state index is 0.904. The van der Waals surface area contributed by atoms with Gasteiger partial charge >= 0.3 is 0 Å². The molecule has 0 aliphatic rings. The van der Waals surface area contributed by atoms with Gasteiger partial charge in [-0.1, -0.05) is 164 Å². The third-order valence-electron chi connectivity index (χ3n) is 10.1. The summed E-state index contributed by atoms with van der Waals surface area (Å²) in [5, 5.41) is 9.79. The molecule has 0 spiro atoms. The van der Waals surface area contributed by atoms with Gasteiger partial charge in [0.1, 0.15) is 11.2 Å². The zero-order valence-corrected chi connectivity index (χ0v) is 26.7. The average Bonchev–Trinajstić information content (AvgIpc) is 3.56. The first-order chi connectivity index (χ1) is 24.3. The lowest BCUT2D eigenvalue weighted by Gasteiger charge is -2.20. The second kappa shape index (κ2) is 11.1. The highest BCUT2D eigenvalue weighted by molar-refractivity contribution is 6.24. The zero-order chi connectivity index (χ0) is 32.3. The number of furan rings is 1. The zero-order valence-electron chi connectivity index (χ0n) is 26.7. The van der Waals surface area contributed by atoms with Gasteiger partial charge in [0.2, 0.25) is 0 Å². The fourth-order valence-corrected chi connectivity index (χ4v) is 8.04. The van der Waals surface area contributed by atoms with Crippen LogP contribution in [-0.4, -0.2) is 0 Å². The Kier molecular flexibility index (Phi) is 6.25. The standard InChI is InChI=1S/C48H30O/c1-3-15-31(16-4-1)45-37-19-7-9-21-39(37)47(40-22-10-8-20-38(40)45)36-27-14-24-33-34(36)25-13-26-35(33)41-29-30-44-48(42-23-11-12-28-43(42)49-44)46(41)32-17-5-2-6-18-32/h1-30H. The Labute approximate surface area is 284 Å². The maximum absolute atomic E-state index is 6.39. The second-order valence-electron chi connectivity index (χ2n) is 12.7. The van der Waals surface area contributed by atoms with Crippen molar-refractivity contribution in [3.8, 4) is 44.5 Å². The summed E-state index contributed by atoms with van der Waals surface area (Å²) in [6.07, 6.45) is 0. The number of rotatable bonds is 4. The lowest BCUT2D eigenvalue weighted by molar-refractivity contribution is 0.669. The Morgan fingerprint density at radius 1 is 0.245 bits per heavy atom. The molecule has 0 amide bonds. The monoisotopic (exact) mass is 622 g/mol. The van der Waals surface area contributed by atoms with Gasteiger partial charge in [0.15, 0.2) is 0 Å². The number of para-hydroxylation sites is 1. The summed E-state index contributed by atoms with van der Waals surface area (Å²) in [6.45, 7) is 0. The van der Waals surface area contributed by atoms with Crippen molar-refractivity contribution in [2.24, 2.45) is 0 Å². The summed E-state index contributed by atoms with van der Waals surface area (Å²) in [6, 6.07) is 65.7. The van der Waals surface area contributed by atoms with Crippen molar-refractivity contribution >= 4 is 54.3 Å². The molecule has 0 aliphatic heterocycles. The van der Waals surface area contributed by atoms with E-state index in [1.165, 1.54) is 76.8 Å². The van der Waals surface area contributed by atoms with Crippen LogP contribution in [0.25, 0.3) is 98.8 Å². The first-order valence-electron chi connectivity index (χ1n) is 16.9. The largest absolute Gasteiger partial charge is 0.456 e. The van der Waals surface area contributed by atoms with E-state index >= 15 is 0 Å². The highest BCUT2D eigenvalue weighted by Crippen LogP contribution is 2.48. The summed E-state index contributed by atoms with van der Waals surface area (Å²) in [5.41, 5.74) is 11.6. The Balaban J connectivity index is 1.30. The predicted octanol–water partition coefficient (Wildman–Crippen LogP) is 13.7. The number of hydrogen-bond acceptors (Lipinski definition) is 1. The van der Waals surface area contributed by atoms with Crippen LogP contribution in [0.2, 0.25) is 0 Å². The van der Waals surface area contributed by atoms with Gasteiger partial charge in [-0.05, 0) is 89.5 Å². The molecule has 1 nitrogen and oxygen atoms in total. The fraction of sp³-hybridized carbons (Fsp3) is 0. The van der Waals surface area contributed by atoms with Gasteiger partial charge in [0, 0.05) is 16.3 Å². The Morgan fingerprint density at radius 2 is 0.714 bits per heavy atom. The molecule has 0 N–H and O–H groups in total. The van der Waals surface area contributed by atoms with Crippen LogP contribution in [0.5, 0.6) is 0 Å². The van der Waals surface area contributed by atoms with Crippen molar-refractivity contribution in [2.45, 2.75) is 0 Å². The summed E-state index contributed by atoms with van der Waals surface area (Å²) in [7, 11) is 0. The van der Waals surface area contributed by atoms with Crippen molar-refractivity contribution in [3.63, 3.8) is 0 Å². The summed E-state index contributed by atoms with van der Waals surface area (Å²) >= 11 is 0. The van der Waals surface area contributed by atoms with Crippen LogP contribution in [0.15, 0.2) is 186 Å². The van der Waals surface area contributed by atoms with E-state index < -0.39 is 0 Å². The molecule has 0 aliphatic carbocycles. The van der Waals surface area contributed by atoms with Crippen molar-refractivity contribution in [3.05, 3.63) is 182 Å². The van der Waals surface area contributed by atoms with Gasteiger partial charge in [-0.15, -0.1) is 0 Å². The topological polar surface area (TPSA) is 13.1 Å². The van der Waals surface area contributed by atoms with E-state index in [1.807, 2.05) is 6.07 Å². The van der Waals surface area contributed by atoms with Gasteiger partial charge in [-0.25, -0.2) is 0 Å². The first kappa shape index (κ1) is 27.7. The van der Waals surface area contributed by atoms with Gasteiger partial charge in [-0.3, -0.25) is 0 Å². The molecule has 1 aromatic heterocycles. The SMILES string of the molecule is c1ccc(-c2c3ccccc3c(-c3cccc4c(-c5ccc6oc7ccccc7c6c5-c5ccccc5)cccc34)c3ccccc23)cc1. The van der Waals surface area contributed by atoms with E-state index in [0.717, 1.165) is 21.9 Å². The molecule has 0 atom stereocenters. The molecule has 1 heterocycles. The Morgan fingerprint density at radius 3 is 1.35 bits per heavy atom. The van der Waals surface area contributed by atoms with Gasteiger partial charge in [-0.2, -0.15) is 0 Å². The molecular formula is C48H30O. The maximum Gasteiger partial charge on any atom is 0.136 e. The van der Waals surface area contributed by atoms with E-state index in [0.29, 0.717) is 0 Å². The molecule has 0 saturated carbocycles. The minimum Gasteiger partial charge on any atom is -0.456 e. The quantitative estimate of drug-likeness (QED) is 0.178. The molecule has 0 fully saturated rings. The van der Waals surface area contributed by atoms with Gasteiger partial charge in [0.25, 0.3) is 0 Å². The minimum atomic E-state index is 0.904. The first-order valence-corrected chi connectivity index (χ1v) is 16.9. The maximum atomic E-state index is 6.39. The highest BCUT2D eigenvalue weighted by Gasteiger charge is 2.21. The van der Waals surface area contributed by atoms with Crippen molar-refractivity contribution in [1.29, 1.82) is 0 Å². The van der Waals surface area contributed by atoms with Crippen molar-refractivity contribution in [2.75, 3.05) is 0 Å². The molecule has 9 aromatic carbocycles. The highest BCUT2D eigenvalue weighted by atomic mass is 16.3. The van der Waals surface area contributed by atoms with E-state index in [2.05, 4.69) is 176 Å². The van der Waals surface area contributed by atoms with Crippen LogP contribution >= 0.6 is 0 Å². The molecule has 49 heavy (non-hydrogen) atoms. The van der Waals surface area contributed by atoms with Crippen LogP contribution in [0.1, 0.15) is 0 Å². The molecule has 1 heteroatoms. The van der Waals surface area contributed by atoms with Gasteiger partial charge in [0.05, 0.1) is 0 Å². The fourth-order valence-electron chi connectivity index (χ4n) is 8.04. The van der Waals surface area contributed by atoms with Crippen LogP contribution in [0.3, 0.4) is 0 Å². The third-order valence-corrected chi connectivity index (χ3v) is 10.1. The molecule has 10 rings (SSSR count). The van der Waals surface area contributed by atoms with E-state index in [-0.39, 0.29) is 0 Å². The lowest BCUT2D eigenvalue weighted by atomic mass is 9.83. The second-order valence-corrected chi connectivity index (χ2v) is 12.7. The number of fused-ring (bicyclic) bond motifs is 6. The van der Waals surface area contributed by atoms with Gasteiger partial charge < -0.3 is 4.42 Å². The lowest BCUT2D eigenvalue weighted by Crippen LogP contribution is -1.92. The summed E-state index contributed by atoms with van der Waals surface area (Å²) in [5.74, 6) is 0. The van der Waals surface area contributed by atoms with E-state index in [4.69, 9.17) is 4.42 Å². The van der Waals surface area contributed by atoms with E-state index in [9.17, 15) is 0 Å². The summed E-state index contributed by atoms with van der Waals surface area (Å²) in [4.78, 5) is 0. The van der Waals surface area contributed by atoms with Crippen LogP contribution in [0.4, 0.5) is 0 Å². The Hall–Kier alpha value is -6.44. The van der Waals surface area contributed by atoms with Crippen molar-refractivity contribution < 1.29 is 4.42 Å². The van der Waals surface area contributed by atoms with Crippen LogP contribution < -0.4 is 0 Å². The van der Waals surface area contributed by atoms with Crippen molar-refractivity contribution in [1.82, 2.24) is 0 Å². The molecule has 0 unspecified atom stereocenters. The normalized spacial score (nSPS) is 11.7. The third kappa shape index (κ3) is 4.26. The molecule has 0 bridgehead atoms. The Bertz CT molecular complexity index is 2800. The van der Waals surface area contributed by atoms with Crippen LogP contribution in [-0.2, 0) is 0 Å². The molecule has 228 valence electrons. The van der Waals surface area contributed by atoms with E-state index in [1.54, 1.807) is 0 Å². The molecule has 0 saturated heterocycles. The smallest absolute Gasteiger partial charge is 0.136 e. The number of hydrogen-bond donors (Lipinski definition) is 0. The van der Waals surface area contributed by atoms with Crippen LogP contribution in [0, 0.1) is 0 Å². The molecule has 10 aromatic rings. The molecule has 0 radical (unpaired) electrons. The molecular weight excluding hydrogens is 593 g/mol. The predicted molar refractivity (Wildman–Crippen MR) is 208 cm³/mol. The number of benzene rings is 9.